The Bertz CT molecular complexity index is 808. The van der Waals surface area contributed by atoms with E-state index in [1.54, 1.807) is 10.9 Å². The van der Waals surface area contributed by atoms with E-state index in [1.807, 2.05) is 6.92 Å². The number of hydrogen-bond donors (Lipinski definition) is 1. The smallest absolute Gasteiger partial charge is 0.157 e. The molecule has 0 radical (unpaired) electrons. The SMILES string of the molecule is CC[C@H](CC[C@@H]1CCC[C@H]2[C@H]1CCC1C[C@](C)(O)CC[C@@H]12)C(=O)Cn1cc(C#N)cn1. The summed E-state index contributed by atoms with van der Waals surface area (Å²) in [6, 6.07) is 2.07. The van der Waals surface area contributed by atoms with Gasteiger partial charge >= 0.3 is 0 Å². The number of carbonyl (C=O) groups is 1. The number of nitriles is 1. The number of rotatable bonds is 7. The highest BCUT2D eigenvalue weighted by molar-refractivity contribution is 5.80. The number of aromatic nitrogens is 2. The molecule has 1 N–H and O–H groups in total. The first-order valence-corrected chi connectivity index (χ1v) is 12.6. The molecule has 1 unspecified atom stereocenters. The maximum atomic E-state index is 12.9. The number of nitrogens with zero attached hydrogens (tertiary/aromatic N) is 3. The van der Waals surface area contributed by atoms with E-state index in [0.29, 0.717) is 5.56 Å². The van der Waals surface area contributed by atoms with Gasteiger partial charge in [-0.1, -0.05) is 19.8 Å². The average Bonchev–Trinajstić information content (AvgIpc) is 3.20. The first-order chi connectivity index (χ1) is 14.9. The van der Waals surface area contributed by atoms with Crippen LogP contribution in [0.2, 0.25) is 0 Å². The Hall–Kier alpha value is -1.67. The molecule has 0 amide bonds. The van der Waals surface area contributed by atoms with Crippen molar-refractivity contribution < 1.29 is 9.90 Å². The van der Waals surface area contributed by atoms with Crippen LogP contribution in [0.4, 0.5) is 0 Å². The van der Waals surface area contributed by atoms with Gasteiger partial charge in [0.2, 0.25) is 0 Å². The zero-order chi connectivity index (χ0) is 22.0. The number of aliphatic hydroxyl groups is 1. The van der Waals surface area contributed by atoms with Crippen molar-refractivity contribution in [2.75, 3.05) is 0 Å². The second kappa shape index (κ2) is 9.45. The second-order valence-corrected chi connectivity index (χ2v) is 10.9. The topological polar surface area (TPSA) is 78.9 Å². The predicted octanol–water partition coefficient (Wildman–Crippen LogP) is 5.12. The van der Waals surface area contributed by atoms with Crippen LogP contribution in [-0.2, 0) is 11.3 Å². The number of ketones is 1. The first-order valence-electron chi connectivity index (χ1n) is 12.6. The van der Waals surface area contributed by atoms with Gasteiger partial charge in [-0.25, -0.2) is 0 Å². The standard InChI is InChI=1S/C26H39N3O2/c1-3-19(25(30)17-29-16-18(14-27)15-28-29)7-8-20-5-4-6-24-22(20)10-9-21-13-26(2,31)12-11-23(21)24/h15-16,19-24,31H,3-13,17H2,1-2H3/t19-,20+,21?,22+,23+,24+,26-/m1/s1. The molecule has 4 rings (SSSR count). The molecule has 3 aliphatic carbocycles. The largest absolute Gasteiger partial charge is 0.390 e. The molecule has 1 heterocycles. The van der Waals surface area contributed by atoms with E-state index in [4.69, 9.17) is 5.26 Å². The summed E-state index contributed by atoms with van der Waals surface area (Å²) in [4.78, 5) is 12.9. The minimum absolute atomic E-state index is 0.0937. The van der Waals surface area contributed by atoms with Crippen LogP contribution >= 0.6 is 0 Å². The van der Waals surface area contributed by atoms with Crippen LogP contribution in [0, 0.1) is 46.8 Å². The van der Waals surface area contributed by atoms with Gasteiger partial charge in [-0.3, -0.25) is 9.48 Å². The fourth-order valence-electron chi connectivity index (χ4n) is 7.36. The molecule has 0 bridgehead atoms. The lowest BCUT2D eigenvalue weighted by Crippen LogP contribution is -2.46. The molecule has 5 nitrogen and oxygen atoms in total. The summed E-state index contributed by atoms with van der Waals surface area (Å²) in [6.07, 6.45) is 16.0. The van der Waals surface area contributed by atoms with E-state index in [1.165, 1.54) is 51.1 Å². The molecule has 5 heteroatoms. The van der Waals surface area contributed by atoms with Gasteiger partial charge < -0.3 is 5.11 Å². The molecule has 3 saturated carbocycles. The third-order valence-corrected chi connectivity index (χ3v) is 8.93. The quantitative estimate of drug-likeness (QED) is 0.657. The number of Topliss-reactive ketones (excluding diaryl/α,β-unsaturated/α-hetero) is 1. The van der Waals surface area contributed by atoms with Crippen molar-refractivity contribution in [3.05, 3.63) is 18.0 Å². The van der Waals surface area contributed by atoms with E-state index in [0.717, 1.165) is 55.3 Å². The van der Waals surface area contributed by atoms with Gasteiger partial charge in [0.15, 0.2) is 5.78 Å². The number of hydrogen-bond acceptors (Lipinski definition) is 4. The van der Waals surface area contributed by atoms with Gasteiger partial charge in [-0.15, -0.1) is 0 Å². The molecular weight excluding hydrogens is 386 g/mol. The molecule has 0 saturated heterocycles. The molecule has 31 heavy (non-hydrogen) atoms. The summed E-state index contributed by atoms with van der Waals surface area (Å²) < 4.78 is 1.61. The minimum Gasteiger partial charge on any atom is -0.390 e. The van der Waals surface area contributed by atoms with Crippen LogP contribution in [0.3, 0.4) is 0 Å². The summed E-state index contributed by atoms with van der Waals surface area (Å²) >= 11 is 0. The zero-order valence-corrected chi connectivity index (χ0v) is 19.3. The summed E-state index contributed by atoms with van der Waals surface area (Å²) in [6.45, 7) is 4.43. The minimum atomic E-state index is -0.445. The van der Waals surface area contributed by atoms with E-state index < -0.39 is 5.60 Å². The second-order valence-electron chi connectivity index (χ2n) is 10.9. The number of fused-ring (bicyclic) bond motifs is 3. The summed E-state index contributed by atoms with van der Waals surface area (Å²) in [5, 5.41) is 23.7. The lowest BCUT2D eigenvalue weighted by atomic mass is 9.53. The summed E-state index contributed by atoms with van der Waals surface area (Å²) in [7, 11) is 0. The fraction of sp³-hybridized carbons (Fsp3) is 0.808. The van der Waals surface area contributed by atoms with Crippen molar-refractivity contribution in [2.45, 2.75) is 96.6 Å². The van der Waals surface area contributed by atoms with E-state index >= 15 is 0 Å². The normalized spacial score (nSPS) is 36.1. The molecule has 3 aliphatic rings. The zero-order valence-electron chi connectivity index (χ0n) is 19.3. The lowest BCUT2D eigenvalue weighted by Gasteiger charge is -2.53. The van der Waals surface area contributed by atoms with E-state index in [2.05, 4.69) is 18.1 Å². The van der Waals surface area contributed by atoms with Gasteiger partial charge in [0.1, 0.15) is 6.07 Å². The maximum Gasteiger partial charge on any atom is 0.157 e. The van der Waals surface area contributed by atoms with Crippen LogP contribution in [0.5, 0.6) is 0 Å². The van der Waals surface area contributed by atoms with Crippen LogP contribution < -0.4 is 0 Å². The summed E-state index contributed by atoms with van der Waals surface area (Å²) in [5.74, 6) is 4.32. The Labute approximate surface area is 187 Å². The van der Waals surface area contributed by atoms with E-state index in [-0.39, 0.29) is 18.2 Å². The molecule has 0 aromatic carbocycles. The Kier molecular flexibility index (Phi) is 6.86. The third kappa shape index (κ3) is 5.06. The van der Waals surface area contributed by atoms with Gasteiger partial charge in [-0.2, -0.15) is 10.4 Å². The predicted molar refractivity (Wildman–Crippen MR) is 120 cm³/mol. The monoisotopic (exact) mass is 425 g/mol. The third-order valence-electron chi connectivity index (χ3n) is 8.93. The first kappa shape index (κ1) is 22.5. The molecule has 0 aliphatic heterocycles. The Morgan fingerprint density at radius 2 is 2.13 bits per heavy atom. The van der Waals surface area contributed by atoms with Crippen molar-refractivity contribution in [3.63, 3.8) is 0 Å². The highest BCUT2D eigenvalue weighted by Crippen LogP contribution is 2.55. The van der Waals surface area contributed by atoms with Gasteiger partial charge in [0.25, 0.3) is 0 Å². The van der Waals surface area contributed by atoms with E-state index in [9.17, 15) is 9.90 Å². The summed E-state index contributed by atoms with van der Waals surface area (Å²) in [5.41, 5.74) is 0.0632. The van der Waals surface area contributed by atoms with Crippen molar-refractivity contribution in [1.82, 2.24) is 9.78 Å². The highest BCUT2D eigenvalue weighted by atomic mass is 16.3. The van der Waals surface area contributed by atoms with Gasteiger partial charge in [0.05, 0.1) is 23.9 Å². The van der Waals surface area contributed by atoms with Gasteiger partial charge in [0, 0.05) is 12.1 Å². The highest BCUT2D eigenvalue weighted by Gasteiger charge is 2.47. The van der Waals surface area contributed by atoms with Crippen molar-refractivity contribution >= 4 is 5.78 Å². The average molecular weight is 426 g/mol. The van der Waals surface area contributed by atoms with Gasteiger partial charge in [-0.05, 0) is 94.3 Å². The lowest BCUT2D eigenvalue weighted by molar-refractivity contribution is -0.124. The van der Waals surface area contributed by atoms with Crippen LogP contribution in [-0.4, -0.2) is 26.3 Å². The van der Waals surface area contributed by atoms with Crippen LogP contribution in [0.25, 0.3) is 0 Å². The Morgan fingerprint density at radius 3 is 2.87 bits per heavy atom. The molecule has 3 fully saturated rings. The van der Waals surface area contributed by atoms with Crippen molar-refractivity contribution in [1.29, 1.82) is 5.26 Å². The Balaban J connectivity index is 1.33. The van der Waals surface area contributed by atoms with Crippen LogP contribution in [0.15, 0.2) is 12.4 Å². The van der Waals surface area contributed by atoms with Crippen molar-refractivity contribution in [3.8, 4) is 6.07 Å². The van der Waals surface area contributed by atoms with Crippen molar-refractivity contribution in [2.24, 2.45) is 35.5 Å². The number of carbonyl (C=O) groups excluding carboxylic acids is 1. The molecule has 170 valence electrons. The molecule has 1 aromatic rings. The van der Waals surface area contributed by atoms with Crippen LogP contribution in [0.1, 0.15) is 90.0 Å². The molecule has 1 aromatic heterocycles. The molecule has 0 spiro atoms. The molecular formula is C26H39N3O2. The molecule has 7 atom stereocenters. The maximum absolute atomic E-state index is 12.9. The Morgan fingerprint density at radius 1 is 1.29 bits per heavy atom. The fourth-order valence-corrected chi connectivity index (χ4v) is 7.36.